The zero-order valence-electron chi connectivity index (χ0n) is 8.54. The van der Waals surface area contributed by atoms with Gasteiger partial charge in [-0.05, 0) is 30.3 Å². The van der Waals surface area contributed by atoms with Crippen LogP contribution in [0.5, 0.6) is 0 Å². The van der Waals surface area contributed by atoms with E-state index in [2.05, 4.69) is 0 Å². The first-order valence-electron chi connectivity index (χ1n) is 4.92. The van der Waals surface area contributed by atoms with Crippen LogP contribution in [0, 0.1) is 0 Å². The van der Waals surface area contributed by atoms with Crippen LogP contribution in [-0.4, -0.2) is 26.6 Å². The summed E-state index contributed by atoms with van der Waals surface area (Å²) in [5, 5.41) is 18.2. The van der Waals surface area contributed by atoms with E-state index >= 15 is 0 Å². The van der Waals surface area contributed by atoms with Crippen LogP contribution in [0.3, 0.4) is 0 Å². The minimum atomic E-state index is -1.23. The van der Waals surface area contributed by atoms with Crippen LogP contribution in [-0.2, 0) is 0 Å². The van der Waals surface area contributed by atoms with Crippen molar-refractivity contribution in [3.05, 3.63) is 41.5 Å². The maximum atomic E-state index is 11.2. The number of pyridine rings is 1. The zero-order chi connectivity index (χ0) is 12.2. The van der Waals surface area contributed by atoms with Gasteiger partial charge < -0.3 is 14.6 Å². The van der Waals surface area contributed by atoms with Gasteiger partial charge in [0.1, 0.15) is 0 Å². The molecule has 3 heterocycles. The van der Waals surface area contributed by atoms with Gasteiger partial charge in [0.05, 0.1) is 16.6 Å². The fourth-order valence-electron chi connectivity index (χ4n) is 2.18. The van der Waals surface area contributed by atoms with Crippen molar-refractivity contribution in [2.75, 3.05) is 0 Å². The molecule has 0 aliphatic carbocycles. The SMILES string of the molecule is O=C(O)c1cc2ccc3ccc(c1C(=O)O)n32. The fraction of sp³-hybridized carbons (Fsp3) is 0. The number of hydrogen-bond donors (Lipinski definition) is 2. The summed E-state index contributed by atoms with van der Waals surface area (Å²) < 4.78 is 1.73. The minimum absolute atomic E-state index is 0.170. The first-order chi connectivity index (χ1) is 8.09. The second-order valence-electron chi connectivity index (χ2n) is 3.78. The predicted molar refractivity (Wildman–Crippen MR) is 60.0 cm³/mol. The molecule has 0 radical (unpaired) electrons. The minimum Gasteiger partial charge on any atom is -0.478 e. The average Bonchev–Trinajstić information content (AvgIpc) is 2.85. The van der Waals surface area contributed by atoms with Gasteiger partial charge in [0.15, 0.2) is 0 Å². The number of carboxylic acid groups (broad SMARTS) is 2. The lowest BCUT2D eigenvalue weighted by atomic mass is 10.1. The molecule has 0 aliphatic rings. The smallest absolute Gasteiger partial charge is 0.338 e. The number of aromatic nitrogens is 1. The number of nitrogens with zero attached hydrogens (tertiary/aromatic N) is 1. The molecule has 2 N–H and O–H groups in total. The third-order valence-corrected chi connectivity index (χ3v) is 2.86. The van der Waals surface area contributed by atoms with Crippen molar-refractivity contribution in [2.45, 2.75) is 0 Å². The van der Waals surface area contributed by atoms with E-state index in [-0.39, 0.29) is 11.1 Å². The van der Waals surface area contributed by atoms with E-state index in [1.165, 1.54) is 6.07 Å². The summed E-state index contributed by atoms with van der Waals surface area (Å²) in [5.74, 6) is -2.46. The Hall–Kier alpha value is -2.56. The highest BCUT2D eigenvalue weighted by atomic mass is 16.4. The Morgan fingerprint density at radius 3 is 2.24 bits per heavy atom. The maximum absolute atomic E-state index is 11.2. The van der Waals surface area contributed by atoms with Gasteiger partial charge in [-0.25, -0.2) is 9.59 Å². The van der Waals surface area contributed by atoms with E-state index in [0.29, 0.717) is 11.0 Å². The highest BCUT2D eigenvalue weighted by molar-refractivity contribution is 6.08. The van der Waals surface area contributed by atoms with Crippen LogP contribution in [0.2, 0.25) is 0 Å². The van der Waals surface area contributed by atoms with Crippen LogP contribution in [0.25, 0.3) is 16.6 Å². The molecule has 0 amide bonds. The van der Waals surface area contributed by atoms with Crippen molar-refractivity contribution in [1.82, 2.24) is 4.40 Å². The summed E-state index contributed by atoms with van der Waals surface area (Å²) in [6.07, 6.45) is 0. The average molecular weight is 229 g/mol. The summed E-state index contributed by atoms with van der Waals surface area (Å²) >= 11 is 0. The zero-order valence-corrected chi connectivity index (χ0v) is 8.54. The molecule has 0 bridgehead atoms. The lowest BCUT2D eigenvalue weighted by molar-refractivity contribution is 0.0653. The highest BCUT2D eigenvalue weighted by Crippen LogP contribution is 2.26. The van der Waals surface area contributed by atoms with Gasteiger partial charge in [-0.1, -0.05) is 0 Å². The summed E-state index contributed by atoms with van der Waals surface area (Å²) in [4.78, 5) is 22.3. The molecule has 0 saturated heterocycles. The summed E-state index contributed by atoms with van der Waals surface area (Å²) in [6, 6.07) is 8.35. The van der Waals surface area contributed by atoms with Crippen LogP contribution < -0.4 is 0 Å². The predicted octanol–water partition coefficient (Wildman–Crippen LogP) is 1.93. The molecule has 3 aromatic rings. The van der Waals surface area contributed by atoms with Crippen LogP contribution in [0.4, 0.5) is 0 Å². The molecule has 0 spiro atoms. The van der Waals surface area contributed by atoms with E-state index in [9.17, 15) is 9.59 Å². The first kappa shape index (κ1) is 9.65. The third-order valence-electron chi connectivity index (χ3n) is 2.86. The van der Waals surface area contributed by atoms with Crippen LogP contribution >= 0.6 is 0 Å². The highest BCUT2D eigenvalue weighted by Gasteiger charge is 2.22. The maximum Gasteiger partial charge on any atom is 0.338 e. The van der Waals surface area contributed by atoms with E-state index in [1.54, 1.807) is 22.6 Å². The molecule has 3 aromatic heterocycles. The van der Waals surface area contributed by atoms with E-state index < -0.39 is 11.9 Å². The first-order valence-corrected chi connectivity index (χ1v) is 4.92. The van der Waals surface area contributed by atoms with Crippen LogP contribution in [0.1, 0.15) is 20.7 Å². The Kier molecular flexibility index (Phi) is 1.69. The molecule has 0 aromatic carbocycles. The van der Waals surface area contributed by atoms with Gasteiger partial charge in [0.25, 0.3) is 0 Å². The lowest BCUT2D eigenvalue weighted by Crippen LogP contribution is -2.10. The molecular formula is C12H7NO4. The molecule has 3 rings (SSSR count). The molecule has 0 saturated carbocycles. The monoisotopic (exact) mass is 229 g/mol. The normalized spacial score (nSPS) is 11.3. The van der Waals surface area contributed by atoms with Gasteiger partial charge >= 0.3 is 11.9 Å². The second kappa shape index (κ2) is 2.98. The second-order valence-corrected chi connectivity index (χ2v) is 3.78. The van der Waals surface area contributed by atoms with E-state index in [1.807, 2.05) is 6.07 Å². The van der Waals surface area contributed by atoms with Gasteiger partial charge in [-0.2, -0.15) is 0 Å². The van der Waals surface area contributed by atoms with Crippen molar-refractivity contribution >= 4 is 28.5 Å². The van der Waals surface area contributed by atoms with Crippen molar-refractivity contribution in [3.8, 4) is 0 Å². The lowest BCUT2D eigenvalue weighted by Gasteiger charge is -2.05. The molecule has 5 nitrogen and oxygen atoms in total. The molecule has 0 unspecified atom stereocenters. The Morgan fingerprint density at radius 2 is 1.59 bits per heavy atom. The Balaban J connectivity index is 2.57. The van der Waals surface area contributed by atoms with Crippen molar-refractivity contribution in [3.63, 3.8) is 0 Å². The molecule has 0 aliphatic heterocycles. The van der Waals surface area contributed by atoms with E-state index in [0.717, 1.165) is 5.52 Å². The van der Waals surface area contributed by atoms with Crippen molar-refractivity contribution in [2.24, 2.45) is 0 Å². The van der Waals surface area contributed by atoms with Crippen LogP contribution in [0.15, 0.2) is 30.3 Å². The number of carboxylic acids is 2. The Labute approximate surface area is 94.9 Å². The number of aromatic carboxylic acids is 2. The summed E-state index contributed by atoms with van der Waals surface area (Å²) in [5.41, 5.74) is 1.59. The van der Waals surface area contributed by atoms with E-state index in [4.69, 9.17) is 10.2 Å². The third kappa shape index (κ3) is 1.13. The number of hydrogen-bond acceptors (Lipinski definition) is 2. The molecular weight excluding hydrogens is 222 g/mol. The van der Waals surface area contributed by atoms with Gasteiger partial charge in [0.2, 0.25) is 0 Å². The Bertz CT molecular complexity index is 756. The standard InChI is InChI=1S/C12H7NO4/c14-11(15)8-5-7-2-1-6-3-4-9(13(6)7)10(8)12(16)17/h1-5H,(H,14,15)(H,16,17). The van der Waals surface area contributed by atoms with Gasteiger partial charge in [-0.15, -0.1) is 0 Å². The van der Waals surface area contributed by atoms with Crippen molar-refractivity contribution < 1.29 is 19.8 Å². The summed E-state index contributed by atoms with van der Waals surface area (Å²) in [7, 11) is 0. The summed E-state index contributed by atoms with van der Waals surface area (Å²) in [6.45, 7) is 0. The fourth-order valence-corrected chi connectivity index (χ4v) is 2.18. The molecule has 17 heavy (non-hydrogen) atoms. The quantitative estimate of drug-likeness (QED) is 0.703. The van der Waals surface area contributed by atoms with Gasteiger partial charge in [0, 0.05) is 11.0 Å². The molecule has 84 valence electrons. The molecule has 0 fully saturated rings. The topological polar surface area (TPSA) is 79.0 Å². The Morgan fingerprint density at radius 1 is 0.941 bits per heavy atom. The van der Waals surface area contributed by atoms with Gasteiger partial charge in [-0.3, -0.25) is 0 Å². The number of carbonyl (C=O) groups is 2. The number of rotatable bonds is 2. The van der Waals surface area contributed by atoms with Crippen molar-refractivity contribution in [1.29, 1.82) is 0 Å². The molecule has 0 atom stereocenters. The largest absolute Gasteiger partial charge is 0.478 e. The molecule has 5 heteroatoms.